The summed E-state index contributed by atoms with van der Waals surface area (Å²) in [5, 5.41) is 0. The van der Waals surface area contributed by atoms with E-state index in [0.29, 0.717) is 30.7 Å². The average Bonchev–Trinajstić information content (AvgIpc) is 2.91. The van der Waals surface area contributed by atoms with E-state index in [1.165, 1.54) is 6.07 Å². The summed E-state index contributed by atoms with van der Waals surface area (Å²) >= 11 is 0. The third-order valence-corrected chi connectivity index (χ3v) is 8.35. The van der Waals surface area contributed by atoms with Crippen molar-refractivity contribution in [3.05, 3.63) is 78.4 Å². The number of hydrogen-bond donors (Lipinski definition) is 2. The Morgan fingerprint density at radius 1 is 0.651 bits per heavy atom. The summed E-state index contributed by atoms with van der Waals surface area (Å²) in [4.78, 5) is -0.0601. The lowest BCUT2D eigenvalue weighted by Crippen LogP contribution is -2.06. The Morgan fingerprint density at radius 2 is 1.12 bits per heavy atom. The van der Waals surface area contributed by atoms with Crippen LogP contribution < -0.4 is 0 Å². The van der Waals surface area contributed by atoms with Gasteiger partial charge in [-0.05, 0) is 53.5 Å². The van der Waals surface area contributed by atoms with Crippen LogP contribution in [-0.2, 0) is 26.7 Å². The van der Waals surface area contributed by atoms with Crippen LogP contribution in [0.2, 0.25) is 0 Å². The fourth-order valence-corrected chi connectivity index (χ4v) is 6.06. The van der Waals surface area contributed by atoms with E-state index in [2.05, 4.69) is 13.8 Å². The summed E-state index contributed by atoms with van der Waals surface area (Å²) in [5.74, 6) is 0.179. The maximum atomic E-state index is 12.1. The maximum Gasteiger partial charge on any atom is 0.389 e. The zero-order chi connectivity index (χ0) is 32.1. The molecule has 0 amide bonds. The molecule has 0 radical (unpaired) electrons. The van der Waals surface area contributed by atoms with E-state index in [0.717, 1.165) is 47.9 Å². The Morgan fingerprint density at radius 3 is 1.56 bits per heavy atom. The van der Waals surface area contributed by atoms with Gasteiger partial charge in [-0.3, -0.25) is 9.11 Å². The van der Waals surface area contributed by atoms with Gasteiger partial charge in [-0.15, -0.1) is 0 Å². The van der Waals surface area contributed by atoms with Gasteiger partial charge in [0, 0.05) is 12.0 Å². The highest BCUT2D eigenvalue weighted by Crippen LogP contribution is 2.40. The second-order valence-electron chi connectivity index (χ2n) is 10.9. The average molecular weight is 643 g/mol. The molecule has 3 rings (SSSR count). The molecule has 6 nitrogen and oxygen atoms in total. The summed E-state index contributed by atoms with van der Waals surface area (Å²) < 4.78 is 98.5. The normalized spacial score (nSPS) is 12.2. The third kappa shape index (κ3) is 14.1. The smallest absolute Gasteiger partial charge is 0.286 e. The topological polar surface area (TPSA) is 109 Å². The summed E-state index contributed by atoms with van der Waals surface area (Å²) in [6, 6.07) is 22.4. The van der Waals surface area contributed by atoms with Crippen molar-refractivity contribution in [2.75, 3.05) is 5.75 Å². The van der Waals surface area contributed by atoms with E-state index in [4.69, 9.17) is 4.55 Å². The van der Waals surface area contributed by atoms with Crippen molar-refractivity contribution in [3.63, 3.8) is 0 Å². The van der Waals surface area contributed by atoms with E-state index in [1.807, 2.05) is 66.7 Å². The maximum absolute atomic E-state index is 12.1. The first-order chi connectivity index (χ1) is 20.1. The number of benzene rings is 3. The van der Waals surface area contributed by atoms with Crippen LogP contribution in [0.5, 0.6) is 0 Å². The van der Waals surface area contributed by atoms with Crippen LogP contribution in [0.25, 0.3) is 22.3 Å². The third-order valence-electron chi connectivity index (χ3n) is 6.65. The molecule has 0 fully saturated rings. The molecule has 0 aliphatic carbocycles. The Balaban J connectivity index is 0.000000332. The molecule has 0 saturated heterocycles. The van der Waals surface area contributed by atoms with Crippen molar-refractivity contribution < 1.29 is 39.1 Å². The van der Waals surface area contributed by atoms with Crippen LogP contribution in [0.1, 0.15) is 70.8 Å². The zero-order valence-corrected chi connectivity index (χ0v) is 26.2. The Bertz CT molecular complexity index is 1470. The first-order valence-corrected chi connectivity index (χ1v) is 17.4. The van der Waals surface area contributed by atoms with Crippen LogP contribution in [0.15, 0.2) is 77.7 Å². The predicted octanol–water partition coefficient (Wildman–Crippen LogP) is 9.02. The lowest BCUT2D eigenvalue weighted by Gasteiger charge is -2.19. The van der Waals surface area contributed by atoms with Crippen molar-refractivity contribution in [2.45, 2.75) is 82.7 Å². The summed E-state index contributed by atoms with van der Waals surface area (Å²) in [6.45, 7) is 4.27. The second kappa shape index (κ2) is 16.9. The summed E-state index contributed by atoms with van der Waals surface area (Å²) in [6.07, 6.45) is 0.167. The molecule has 2 N–H and O–H groups in total. The minimum Gasteiger partial charge on any atom is -0.286 e. The van der Waals surface area contributed by atoms with Crippen molar-refractivity contribution in [1.82, 2.24) is 0 Å². The van der Waals surface area contributed by atoms with Gasteiger partial charge < -0.3 is 0 Å². The van der Waals surface area contributed by atoms with Crippen molar-refractivity contribution in [2.24, 2.45) is 5.92 Å². The molecule has 0 aliphatic heterocycles. The van der Waals surface area contributed by atoms with Gasteiger partial charge in [0.1, 0.15) is 4.90 Å². The molecular weight excluding hydrogens is 601 g/mol. The second-order valence-corrected chi connectivity index (χ2v) is 13.9. The predicted molar refractivity (Wildman–Crippen MR) is 165 cm³/mol. The largest absolute Gasteiger partial charge is 0.389 e. The lowest BCUT2D eigenvalue weighted by atomic mass is 9.87. The molecule has 0 heterocycles. The number of hydrogen-bond acceptors (Lipinski definition) is 4. The first kappa shape index (κ1) is 36.5. The molecule has 0 spiro atoms. The van der Waals surface area contributed by atoms with Gasteiger partial charge in [0.2, 0.25) is 0 Å². The minimum absolute atomic E-state index is 0.0601. The molecule has 11 heteroatoms. The first-order valence-electron chi connectivity index (χ1n) is 14.3. The molecule has 43 heavy (non-hydrogen) atoms. The van der Waals surface area contributed by atoms with Crippen molar-refractivity contribution >= 4 is 20.2 Å². The molecule has 238 valence electrons. The van der Waals surface area contributed by atoms with Gasteiger partial charge in [0.25, 0.3) is 20.2 Å². The van der Waals surface area contributed by atoms with Gasteiger partial charge in [0.15, 0.2) is 0 Å². The van der Waals surface area contributed by atoms with Crippen LogP contribution in [0.3, 0.4) is 0 Å². The number of alkyl halides is 3. The minimum atomic E-state index is -4.36. The van der Waals surface area contributed by atoms with Gasteiger partial charge in [-0.25, -0.2) is 0 Å². The van der Waals surface area contributed by atoms with Crippen LogP contribution in [0.4, 0.5) is 13.2 Å². The van der Waals surface area contributed by atoms with Gasteiger partial charge in [-0.1, -0.05) is 113 Å². The molecule has 0 aromatic heterocycles. The van der Waals surface area contributed by atoms with E-state index < -0.39 is 32.8 Å². The van der Waals surface area contributed by atoms with Crippen LogP contribution in [0, 0.1) is 5.92 Å². The van der Waals surface area contributed by atoms with Gasteiger partial charge in [0.05, 0.1) is 5.75 Å². The lowest BCUT2D eigenvalue weighted by molar-refractivity contribution is -0.135. The van der Waals surface area contributed by atoms with Crippen LogP contribution >= 0.6 is 0 Å². The van der Waals surface area contributed by atoms with Gasteiger partial charge in [-0.2, -0.15) is 30.0 Å². The Labute approximate surface area is 253 Å². The Kier molecular flexibility index (Phi) is 14.4. The summed E-state index contributed by atoms with van der Waals surface area (Å²) in [7, 11) is -8.22. The fraction of sp³-hybridized carbons (Fsp3) is 0.438. The van der Waals surface area contributed by atoms with E-state index in [9.17, 15) is 34.6 Å². The van der Waals surface area contributed by atoms with E-state index in [-0.39, 0.29) is 17.1 Å². The van der Waals surface area contributed by atoms with Crippen molar-refractivity contribution in [1.29, 1.82) is 0 Å². The monoisotopic (exact) mass is 642 g/mol. The molecule has 3 aromatic carbocycles. The molecule has 0 bridgehead atoms. The summed E-state index contributed by atoms with van der Waals surface area (Å²) in [5.41, 5.74) is 4.19. The van der Waals surface area contributed by atoms with Gasteiger partial charge >= 0.3 is 6.18 Å². The van der Waals surface area contributed by atoms with Crippen LogP contribution in [-0.4, -0.2) is 37.9 Å². The molecule has 3 aromatic rings. The molecule has 0 unspecified atom stereocenters. The van der Waals surface area contributed by atoms with E-state index in [1.54, 1.807) is 0 Å². The standard InChI is InChI=1S/C22H22O3S.C10H19F3O3S/c1-16(2)15-19-13-14-20(26(23,24)25)22(18-11-7-4-8-12-18)21(19)17-9-5-3-6-10-17;11-10(12,13)8-6-4-2-1-3-5-7-9-17(14,15)16/h3-14,16H,15H2,1-2H3,(H,23,24,25);1-9H2,(H,14,15,16). The highest BCUT2D eigenvalue weighted by Gasteiger charge is 2.26. The molecule has 0 atom stereocenters. The fourth-order valence-electron chi connectivity index (χ4n) is 4.77. The Hall–Kier alpha value is -2.73. The number of rotatable bonds is 14. The molecular formula is C32H41F3O6S2. The molecule has 0 saturated carbocycles. The van der Waals surface area contributed by atoms with Crippen molar-refractivity contribution in [3.8, 4) is 22.3 Å². The molecule has 0 aliphatic rings. The number of unbranched alkanes of at least 4 members (excludes halogenated alkanes) is 6. The highest BCUT2D eigenvalue weighted by molar-refractivity contribution is 7.86. The SMILES string of the molecule is CC(C)Cc1ccc(S(=O)(=O)O)c(-c2ccccc2)c1-c1ccccc1.O=S(=O)(O)CCCCCCCCCC(F)(F)F. The quantitative estimate of drug-likeness (QED) is 0.134. The number of halogens is 3. The van der Waals surface area contributed by atoms with E-state index >= 15 is 0 Å². The zero-order valence-electron chi connectivity index (χ0n) is 24.6. The highest BCUT2D eigenvalue weighted by atomic mass is 32.2.